The molecule has 0 bridgehead atoms. The number of nitrogens with zero attached hydrogens (tertiary/aromatic N) is 1. The van der Waals surface area contributed by atoms with Crippen LogP contribution in [0.15, 0.2) is 36.4 Å². The maximum atomic E-state index is 5.63. The third-order valence-corrected chi connectivity index (χ3v) is 5.65. The molecule has 0 atom stereocenters. The summed E-state index contributed by atoms with van der Waals surface area (Å²) in [5.74, 6) is 2.08. The molecule has 2 aromatic carbocycles. The molecular formula is C22H30N3O3S+. The predicted octanol–water partition coefficient (Wildman–Crippen LogP) is 2.12. The molecule has 1 aliphatic rings. The van der Waals surface area contributed by atoms with Gasteiger partial charge < -0.3 is 29.3 Å². The van der Waals surface area contributed by atoms with Gasteiger partial charge in [-0.05, 0) is 43.4 Å². The number of thiocarbonyl (C=S) groups is 1. The Bertz CT molecular complexity index is 834. The van der Waals surface area contributed by atoms with E-state index in [1.165, 1.54) is 10.5 Å². The molecule has 1 fully saturated rings. The number of quaternary nitrogens is 1. The highest BCUT2D eigenvalue weighted by Crippen LogP contribution is 2.39. The van der Waals surface area contributed by atoms with E-state index in [0.29, 0.717) is 11.5 Å². The Morgan fingerprint density at radius 3 is 2.21 bits per heavy atom. The number of hydrogen-bond acceptors (Lipinski definition) is 4. The Morgan fingerprint density at radius 1 is 0.966 bits per heavy atom. The third-order valence-electron chi connectivity index (χ3n) is 5.29. The molecule has 29 heavy (non-hydrogen) atoms. The maximum Gasteiger partial charge on any atom is 0.203 e. The molecule has 1 aliphatic heterocycles. The number of nitrogens with one attached hydrogen (secondary N) is 2. The second kappa shape index (κ2) is 9.80. The molecule has 0 radical (unpaired) electrons. The average molecular weight is 417 g/mol. The summed E-state index contributed by atoms with van der Waals surface area (Å²) >= 11 is 5.61. The number of piperazine rings is 1. The first-order chi connectivity index (χ1) is 14.0. The minimum Gasteiger partial charge on any atom is -0.493 e. The molecule has 2 aromatic rings. The fraction of sp³-hybridized carbons (Fsp3) is 0.409. The summed E-state index contributed by atoms with van der Waals surface area (Å²) in [4.78, 5) is 3.73. The van der Waals surface area contributed by atoms with Gasteiger partial charge in [0.2, 0.25) is 5.75 Å². The highest BCUT2D eigenvalue weighted by atomic mass is 32.1. The quantitative estimate of drug-likeness (QED) is 0.704. The van der Waals surface area contributed by atoms with Gasteiger partial charge in [-0.1, -0.05) is 17.7 Å². The van der Waals surface area contributed by atoms with Crippen molar-refractivity contribution in [1.29, 1.82) is 0 Å². The highest BCUT2D eigenvalue weighted by molar-refractivity contribution is 7.80. The van der Waals surface area contributed by atoms with Crippen LogP contribution in [0.4, 0.5) is 5.69 Å². The first-order valence-electron chi connectivity index (χ1n) is 9.79. The minimum absolute atomic E-state index is 0.647. The van der Waals surface area contributed by atoms with Crippen molar-refractivity contribution in [2.75, 3.05) is 52.8 Å². The lowest BCUT2D eigenvalue weighted by molar-refractivity contribution is -0.917. The van der Waals surface area contributed by atoms with E-state index in [2.05, 4.69) is 47.5 Å². The van der Waals surface area contributed by atoms with E-state index in [1.54, 1.807) is 21.3 Å². The molecule has 0 saturated carbocycles. The largest absolute Gasteiger partial charge is 0.493 e. The summed E-state index contributed by atoms with van der Waals surface area (Å²) in [7, 11) is 4.94. The Balaban J connectivity index is 1.58. The fourth-order valence-electron chi connectivity index (χ4n) is 3.61. The average Bonchev–Trinajstić information content (AvgIpc) is 2.75. The summed E-state index contributed by atoms with van der Waals surface area (Å²) in [6.45, 7) is 6.80. The number of hydrogen-bond donors (Lipinski definition) is 2. The number of ether oxygens (including phenoxy) is 3. The molecule has 2 N–H and O–H groups in total. The van der Waals surface area contributed by atoms with Crippen molar-refractivity contribution in [3.05, 3.63) is 47.5 Å². The molecule has 156 valence electrons. The first kappa shape index (κ1) is 21.2. The van der Waals surface area contributed by atoms with Gasteiger partial charge in [0.25, 0.3) is 0 Å². The molecule has 0 unspecified atom stereocenters. The second-order valence-electron chi connectivity index (χ2n) is 7.20. The van der Waals surface area contributed by atoms with Crippen molar-refractivity contribution in [2.45, 2.75) is 13.5 Å². The molecular weight excluding hydrogens is 386 g/mol. The molecule has 0 amide bonds. The number of rotatable bonds is 6. The molecule has 3 rings (SSSR count). The monoisotopic (exact) mass is 416 g/mol. The lowest BCUT2D eigenvalue weighted by Gasteiger charge is -2.34. The van der Waals surface area contributed by atoms with Crippen LogP contribution in [0, 0.1) is 6.92 Å². The van der Waals surface area contributed by atoms with Crippen molar-refractivity contribution >= 4 is 23.0 Å². The Hall–Kier alpha value is -2.51. The van der Waals surface area contributed by atoms with Crippen LogP contribution >= 0.6 is 12.2 Å². The van der Waals surface area contributed by atoms with E-state index in [-0.39, 0.29) is 0 Å². The lowest BCUT2D eigenvalue weighted by atomic mass is 10.1. The fourth-order valence-corrected chi connectivity index (χ4v) is 3.91. The summed E-state index contributed by atoms with van der Waals surface area (Å²) in [6, 6.07) is 12.3. The van der Waals surface area contributed by atoms with Crippen LogP contribution in [0.5, 0.6) is 17.2 Å². The van der Waals surface area contributed by atoms with Gasteiger partial charge in [0.1, 0.15) is 6.54 Å². The van der Waals surface area contributed by atoms with Crippen LogP contribution in [0.2, 0.25) is 0 Å². The van der Waals surface area contributed by atoms with Gasteiger partial charge in [0.15, 0.2) is 16.6 Å². The van der Waals surface area contributed by atoms with Crippen LogP contribution in [-0.2, 0) is 6.54 Å². The predicted molar refractivity (Wildman–Crippen MR) is 119 cm³/mol. The zero-order valence-electron chi connectivity index (χ0n) is 17.6. The van der Waals surface area contributed by atoms with Gasteiger partial charge in [0.05, 0.1) is 53.1 Å². The summed E-state index contributed by atoms with van der Waals surface area (Å²) in [5, 5.41) is 4.14. The van der Waals surface area contributed by atoms with E-state index in [4.69, 9.17) is 26.4 Å². The Morgan fingerprint density at radius 2 is 1.62 bits per heavy atom. The lowest BCUT2D eigenvalue weighted by Crippen LogP contribution is -3.13. The molecule has 1 heterocycles. The number of benzene rings is 2. The van der Waals surface area contributed by atoms with Gasteiger partial charge in [0, 0.05) is 5.69 Å². The molecule has 0 aromatic heterocycles. The zero-order valence-corrected chi connectivity index (χ0v) is 18.4. The molecule has 0 aliphatic carbocycles. The van der Waals surface area contributed by atoms with Crippen molar-refractivity contribution in [2.24, 2.45) is 0 Å². The molecule has 7 heteroatoms. The highest BCUT2D eigenvalue weighted by Gasteiger charge is 2.24. The van der Waals surface area contributed by atoms with E-state index in [1.807, 2.05) is 6.07 Å². The van der Waals surface area contributed by atoms with Gasteiger partial charge in [-0.25, -0.2) is 0 Å². The van der Waals surface area contributed by atoms with Crippen molar-refractivity contribution < 1.29 is 19.1 Å². The van der Waals surface area contributed by atoms with E-state index < -0.39 is 0 Å². The number of aryl methyl sites for hydroxylation is 1. The standard InChI is InChI=1S/C22H29N3O3S/c1-16-5-8-18(9-6-16)23-22(29)25-13-11-24(12-14-25)15-17-7-10-19(26-2)21(28-4)20(17)27-3/h5-10H,11-15H2,1-4H3,(H,23,29)/p+1. The minimum atomic E-state index is 0.647. The van der Waals surface area contributed by atoms with E-state index in [9.17, 15) is 0 Å². The summed E-state index contributed by atoms with van der Waals surface area (Å²) < 4.78 is 16.5. The maximum absolute atomic E-state index is 5.63. The second-order valence-corrected chi connectivity index (χ2v) is 7.59. The van der Waals surface area contributed by atoms with Gasteiger partial charge >= 0.3 is 0 Å². The van der Waals surface area contributed by atoms with E-state index in [0.717, 1.165) is 54.8 Å². The SMILES string of the molecule is COc1ccc(C[NH+]2CCN(C(=S)Nc3ccc(C)cc3)CC2)c(OC)c1OC. The van der Waals surface area contributed by atoms with Crippen LogP contribution in [0.3, 0.4) is 0 Å². The van der Waals surface area contributed by atoms with Crippen LogP contribution in [0.1, 0.15) is 11.1 Å². The van der Waals surface area contributed by atoms with E-state index >= 15 is 0 Å². The molecule has 1 saturated heterocycles. The molecule has 6 nitrogen and oxygen atoms in total. The van der Waals surface area contributed by atoms with Crippen molar-refractivity contribution in [3.63, 3.8) is 0 Å². The summed E-state index contributed by atoms with van der Waals surface area (Å²) in [5.41, 5.74) is 3.39. The van der Waals surface area contributed by atoms with Gasteiger partial charge in [-0.3, -0.25) is 0 Å². The van der Waals surface area contributed by atoms with Gasteiger partial charge in [-0.2, -0.15) is 0 Å². The van der Waals surface area contributed by atoms with Crippen LogP contribution in [0.25, 0.3) is 0 Å². The third kappa shape index (κ3) is 5.10. The zero-order chi connectivity index (χ0) is 20.8. The van der Waals surface area contributed by atoms with Crippen molar-refractivity contribution in [3.8, 4) is 17.2 Å². The summed E-state index contributed by atoms with van der Waals surface area (Å²) in [6.07, 6.45) is 0. The smallest absolute Gasteiger partial charge is 0.203 e. The normalized spacial score (nSPS) is 14.4. The topological polar surface area (TPSA) is 47.4 Å². The Labute approximate surface area is 178 Å². The Kier molecular flexibility index (Phi) is 7.17. The van der Waals surface area contributed by atoms with Crippen LogP contribution in [-0.4, -0.2) is 57.5 Å². The van der Waals surface area contributed by atoms with Crippen LogP contribution < -0.4 is 24.4 Å². The molecule has 0 spiro atoms. The van der Waals surface area contributed by atoms with Gasteiger partial charge in [-0.15, -0.1) is 0 Å². The number of methoxy groups -OCH3 is 3. The number of anilines is 1. The first-order valence-corrected chi connectivity index (χ1v) is 10.2. The van der Waals surface area contributed by atoms with Crippen molar-refractivity contribution in [1.82, 2.24) is 4.90 Å².